The highest BCUT2D eigenvalue weighted by Gasteiger charge is 2.23. The van der Waals surface area contributed by atoms with Gasteiger partial charge in [0.25, 0.3) is 0 Å². The normalized spacial score (nSPS) is 16.8. The molecule has 28 heavy (non-hydrogen) atoms. The van der Waals surface area contributed by atoms with Crippen LogP contribution < -0.4 is 5.32 Å². The first kappa shape index (κ1) is 20.4. The van der Waals surface area contributed by atoms with Gasteiger partial charge in [0, 0.05) is 52.7 Å². The van der Waals surface area contributed by atoms with E-state index < -0.39 is 0 Å². The van der Waals surface area contributed by atoms with Gasteiger partial charge >= 0.3 is 0 Å². The van der Waals surface area contributed by atoms with Gasteiger partial charge in [0.15, 0.2) is 5.96 Å². The van der Waals surface area contributed by atoms with Crippen molar-refractivity contribution in [1.29, 1.82) is 0 Å². The molecule has 7 heteroatoms. The lowest BCUT2D eigenvalue weighted by Gasteiger charge is -2.35. The Labute approximate surface area is 166 Å². The van der Waals surface area contributed by atoms with Crippen molar-refractivity contribution in [2.24, 2.45) is 12.0 Å². The van der Waals surface area contributed by atoms with E-state index in [2.05, 4.69) is 30.7 Å². The Balaban J connectivity index is 1.69. The summed E-state index contributed by atoms with van der Waals surface area (Å²) < 4.78 is 21.4. The van der Waals surface area contributed by atoms with E-state index in [9.17, 15) is 4.39 Å². The number of morpholine rings is 1. The molecule has 0 bridgehead atoms. The first-order chi connectivity index (χ1) is 13.6. The average Bonchev–Trinajstić information content (AvgIpc) is 3.10. The first-order valence-corrected chi connectivity index (χ1v) is 9.67. The Morgan fingerprint density at radius 1 is 1.29 bits per heavy atom. The van der Waals surface area contributed by atoms with Crippen LogP contribution in [0.25, 0.3) is 0 Å². The number of nitrogens with one attached hydrogen (secondary N) is 1. The molecular weight excluding hydrogens is 357 g/mol. The second kappa shape index (κ2) is 9.71. The van der Waals surface area contributed by atoms with Crippen LogP contribution in [0.1, 0.15) is 17.3 Å². The fraction of sp³-hybridized carbons (Fsp3) is 0.476. The number of hydrogen-bond donors (Lipinski definition) is 1. The van der Waals surface area contributed by atoms with Gasteiger partial charge in [0.1, 0.15) is 5.82 Å². The van der Waals surface area contributed by atoms with Gasteiger partial charge in [-0.15, -0.1) is 0 Å². The van der Waals surface area contributed by atoms with Crippen LogP contribution in [-0.2, 0) is 18.3 Å². The number of aromatic nitrogens is 1. The molecule has 1 fully saturated rings. The number of aryl methyl sites for hydroxylation is 1. The van der Waals surface area contributed by atoms with E-state index in [0.29, 0.717) is 19.8 Å². The van der Waals surface area contributed by atoms with Crippen LogP contribution in [0.5, 0.6) is 0 Å². The maximum absolute atomic E-state index is 13.8. The Kier molecular flexibility index (Phi) is 7.06. The summed E-state index contributed by atoms with van der Waals surface area (Å²) in [4.78, 5) is 8.87. The SMILES string of the molecule is CN=C(NCC(c1cccc(F)c1)N1CCOCC1)N(C)Cc1cccn1C. The number of aliphatic imine (C=N–C) groups is 1. The van der Waals surface area contributed by atoms with Crippen LogP contribution in [0, 0.1) is 5.82 Å². The summed E-state index contributed by atoms with van der Waals surface area (Å²) in [5, 5.41) is 3.48. The van der Waals surface area contributed by atoms with Crippen molar-refractivity contribution >= 4 is 5.96 Å². The van der Waals surface area contributed by atoms with Crippen molar-refractivity contribution in [1.82, 2.24) is 19.7 Å². The molecule has 1 aliphatic rings. The van der Waals surface area contributed by atoms with Gasteiger partial charge in [-0.3, -0.25) is 9.89 Å². The molecule has 2 aromatic rings. The summed E-state index contributed by atoms with van der Waals surface area (Å²) in [7, 11) is 5.85. The van der Waals surface area contributed by atoms with Gasteiger partial charge in [0.2, 0.25) is 0 Å². The molecule has 0 saturated carbocycles. The molecule has 1 N–H and O–H groups in total. The third-order valence-electron chi connectivity index (χ3n) is 5.20. The van der Waals surface area contributed by atoms with Gasteiger partial charge in [-0.05, 0) is 29.8 Å². The Bertz CT molecular complexity index is 785. The minimum Gasteiger partial charge on any atom is -0.379 e. The van der Waals surface area contributed by atoms with Crippen LogP contribution >= 0.6 is 0 Å². The molecular formula is C21H30FN5O. The van der Waals surface area contributed by atoms with E-state index in [4.69, 9.17) is 4.74 Å². The Hall–Kier alpha value is -2.38. The molecule has 6 nitrogen and oxygen atoms in total. The predicted molar refractivity (Wildman–Crippen MR) is 110 cm³/mol. The van der Waals surface area contributed by atoms with E-state index >= 15 is 0 Å². The molecule has 3 rings (SSSR count). The summed E-state index contributed by atoms with van der Waals surface area (Å²) in [5.74, 6) is 0.608. The summed E-state index contributed by atoms with van der Waals surface area (Å²) >= 11 is 0. The van der Waals surface area contributed by atoms with Gasteiger partial charge in [-0.2, -0.15) is 0 Å². The lowest BCUT2D eigenvalue weighted by atomic mass is 10.0. The Morgan fingerprint density at radius 2 is 2.07 bits per heavy atom. The zero-order valence-electron chi connectivity index (χ0n) is 16.9. The smallest absolute Gasteiger partial charge is 0.193 e. The van der Waals surface area contributed by atoms with Gasteiger partial charge in [0.05, 0.1) is 25.8 Å². The molecule has 0 aliphatic carbocycles. The minimum atomic E-state index is -0.207. The maximum Gasteiger partial charge on any atom is 0.193 e. The third-order valence-corrected chi connectivity index (χ3v) is 5.20. The number of halogens is 1. The number of nitrogens with zero attached hydrogens (tertiary/aromatic N) is 4. The summed E-state index contributed by atoms with van der Waals surface area (Å²) in [5.41, 5.74) is 2.18. The molecule has 1 atom stereocenters. The number of benzene rings is 1. The molecule has 1 unspecified atom stereocenters. The fourth-order valence-corrected chi connectivity index (χ4v) is 3.61. The molecule has 2 heterocycles. The van der Waals surface area contributed by atoms with Crippen molar-refractivity contribution in [2.45, 2.75) is 12.6 Å². The lowest BCUT2D eigenvalue weighted by Crippen LogP contribution is -2.46. The van der Waals surface area contributed by atoms with Gasteiger partial charge in [-0.1, -0.05) is 12.1 Å². The number of rotatable bonds is 6. The molecule has 1 aromatic carbocycles. The zero-order valence-corrected chi connectivity index (χ0v) is 16.9. The molecule has 0 amide bonds. The lowest BCUT2D eigenvalue weighted by molar-refractivity contribution is 0.0168. The quantitative estimate of drug-likeness (QED) is 0.610. The van der Waals surface area contributed by atoms with Gasteiger partial charge in [-0.25, -0.2) is 4.39 Å². The van der Waals surface area contributed by atoms with Crippen LogP contribution in [-0.4, -0.2) is 67.3 Å². The van der Waals surface area contributed by atoms with E-state index in [1.807, 2.05) is 32.4 Å². The van der Waals surface area contributed by atoms with E-state index in [0.717, 1.165) is 31.2 Å². The fourth-order valence-electron chi connectivity index (χ4n) is 3.61. The van der Waals surface area contributed by atoms with E-state index in [-0.39, 0.29) is 11.9 Å². The average molecular weight is 388 g/mol. The van der Waals surface area contributed by atoms with Crippen LogP contribution in [0.3, 0.4) is 0 Å². The van der Waals surface area contributed by atoms with Crippen molar-refractivity contribution in [3.8, 4) is 0 Å². The highest BCUT2D eigenvalue weighted by Crippen LogP contribution is 2.22. The highest BCUT2D eigenvalue weighted by molar-refractivity contribution is 5.79. The van der Waals surface area contributed by atoms with Crippen LogP contribution in [0.2, 0.25) is 0 Å². The summed E-state index contributed by atoms with van der Waals surface area (Å²) in [6, 6.07) is 11.1. The summed E-state index contributed by atoms with van der Waals surface area (Å²) in [6.07, 6.45) is 2.04. The molecule has 0 spiro atoms. The monoisotopic (exact) mass is 387 g/mol. The topological polar surface area (TPSA) is 45.0 Å². The number of guanidine groups is 1. The van der Waals surface area contributed by atoms with E-state index in [1.54, 1.807) is 19.2 Å². The summed E-state index contributed by atoms with van der Waals surface area (Å²) in [6.45, 7) is 4.47. The number of hydrogen-bond acceptors (Lipinski definition) is 3. The maximum atomic E-state index is 13.8. The molecule has 1 aromatic heterocycles. The molecule has 1 aliphatic heterocycles. The third kappa shape index (κ3) is 5.11. The molecule has 152 valence electrons. The highest BCUT2D eigenvalue weighted by atomic mass is 19.1. The van der Waals surface area contributed by atoms with Crippen molar-refractivity contribution in [3.05, 3.63) is 59.7 Å². The zero-order chi connectivity index (χ0) is 19.9. The standard InChI is InChI=1S/C21H30FN5O/c1-23-21(26(3)16-19-8-5-9-25(19)2)24-15-20(27-10-12-28-13-11-27)17-6-4-7-18(22)14-17/h4-9,14,20H,10-13,15-16H2,1-3H3,(H,23,24). The molecule has 0 radical (unpaired) electrons. The first-order valence-electron chi connectivity index (χ1n) is 9.67. The molecule has 1 saturated heterocycles. The van der Waals surface area contributed by atoms with Crippen LogP contribution in [0.15, 0.2) is 47.6 Å². The van der Waals surface area contributed by atoms with Crippen molar-refractivity contribution < 1.29 is 9.13 Å². The van der Waals surface area contributed by atoms with Crippen molar-refractivity contribution in [2.75, 3.05) is 46.9 Å². The van der Waals surface area contributed by atoms with Crippen LogP contribution in [0.4, 0.5) is 4.39 Å². The van der Waals surface area contributed by atoms with Gasteiger partial charge < -0.3 is 19.5 Å². The number of ether oxygens (including phenoxy) is 1. The second-order valence-corrected chi connectivity index (χ2v) is 7.11. The van der Waals surface area contributed by atoms with E-state index in [1.165, 1.54) is 11.8 Å². The second-order valence-electron chi connectivity index (χ2n) is 7.11. The predicted octanol–water partition coefficient (Wildman–Crippen LogP) is 2.24. The largest absolute Gasteiger partial charge is 0.379 e. The minimum absolute atomic E-state index is 0.0554. The van der Waals surface area contributed by atoms with Crippen molar-refractivity contribution in [3.63, 3.8) is 0 Å². The Morgan fingerprint density at radius 3 is 2.71 bits per heavy atom.